The molecule has 1 aromatic rings. The van der Waals surface area contributed by atoms with Crippen LogP contribution in [0.3, 0.4) is 0 Å². The van der Waals surface area contributed by atoms with E-state index in [0.717, 1.165) is 0 Å². The number of nitrogens with two attached hydrogens (primary N) is 1. The molecule has 0 unspecified atom stereocenters. The number of aliphatic hydroxyl groups excluding tert-OH is 1. The molecule has 0 aliphatic heterocycles. The molecule has 4 heteroatoms. The molecule has 0 fully saturated rings. The number of anilines is 1. The lowest BCUT2D eigenvalue weighted by Crippen LogP contribution is -1.90. The van der Waals surface area contributed by atoms with E-state index < -0.39 is 0 Å². The van der Waals surface area contributed by atoms with Gasteiger partial charge in [-0.1, -0.05) is 12.2 Å². The fraction of sp³-hybridized carbons (Fsp3) is 0.125. The average molecular weight is 166 g/mol. The second-order valence-corrected chi connectivity index (χ2v) is 2.26. The van der Waals surface area contributed by atoms with Crippen molar-refractivity contribution in [3.8, 4) is 5.75 Å². The zero-order valence-electron chi connectivity index (χ0n) is 6.44. The number of aromatic hydroxyl groups is 1. The van der Waals surface area contributed by atoms with E-state index in [-0.39, 0.29) is 18.2 Å². The zero-order chi connectivity index (χ0) is 8.97. The van der Waals surface area contributed by atoms with Crippen molar-refractivity contribution in [2.24, 2.45) is 0 Å². The van der Waals surface area contributed by atoms with E-state index in [1.54, 1.807) is 12.2 Å². The Morgan fingerprint density at radius 3 is 2.92 bits per heavy atom. The molecule has 0 aliphatic rings. The predicted molar refractivity (Wildman–Crippen MR) is 46.4 cm³/mol. The van der Waals surface area contributed by atoms with Gasteiger partial charge < -0.3 is 15.9 Å². The van der Waals surface area contributed by atoms with Gasteiger partial charge in [-0.3, -0.25) is 0 Å². The summed E-state index contributed by atoms with van der Waals surface area (Å²) in [4.78, 5) is 3.73. The van der Waals surface area contributed by atoms with Crippen LogP contribution >= 0.6 is 0 Å². The molecule has 4 nitrogen and oxygen atoms in total. The molecule has 0 radical (unpaired) electrons. The molecule has 0 bridgehead atoms. The van der Waals surface area contributed by atoms with Gasteiger partial charge in [-0.2, -0.15) is 0 Å². The van der Waals surface area contributed by atoms with Crippen LogP contribution < -0.4 is 5.73 Å². The molecule has 64 valence electrons. The summed E-state index contributed by atoms with van der Waals surface area (Å²) in [5.74, 6) is 0.0613. The van der Waals surface area contributed by atoms with Crippen molar-refractivity contribution in [1.29, 1.82) is 0 Å². The van der Waals surface area contributed by atoms with Crippen molar-refractivity contribution in [2.45, 2.75) is 0 Å². The van der Waals surface area contributed by atoms with Gasteiger partial charge in [0.15, 0.2) is 11.6 Å². The van der Waals surface area contributed by atoms with Crippen molar-refractivity contribution in [2.75, 3.05) is 12.3 Å². The van der Waals surface area contributed by atoms with Crippen molar-refractivity contribution in [3.63, 3.8) is 0 Å². The molecule has 0 saturated heterocycles. The summed E-state index contributed by atoms with van der Waals surface area (Å²) < 4.78 is 0. The number of hydrogen-bond acceptors (Lipinski definition) is 4. The van der Waals surface area contributed by atoms with Crippen LogP contribution in [0.15, 0.2) is 18.3 Å². The van der Waals surface area contributed by atoms with Gasteiger partial charge in [0.25, 0.3) is 0 Å². The van der Waals surface area contributed by atoms with Crippen molar-refractivity contribution < 1.29 is 10.2 Å². The van der Waals surface area contributed by atoms with E-state index in [1.807, 2.05) is 0 Å². The normalized spacial score (nSPS) is 10.8. The Hall–Kier alpha value is -1.55. The number of hydrogen-bond donors (Lipinski definition) is 3. The lowest BCUT2D eigenvalue weighted by Gasteiger charge is -1.97. The van der Waals surface area contributed by atoms with Gasteiger partial charge >= 0.3 is 0 Å². The first-order valence-corrected chi connectivity index (χ1v) is 3.46. The van der Waals surface area contributed by atoms with Crippen molar-refractivity contribution >= 4 is 11.9 Å². The average Bonchev–Trinajstić information content (AvgIpc) is 2.07. The highest BCUT2D eigenvalue weighted by atomic mass is 16.3. The van der Waals surface area contributed by atoms with E-state index in [2.05, 4.69) is 4.98 Å². The second kappa shape index (κ2) is 3.73. The summed E-state index contributed by atoms with van der Waals surface area (Å²) in [6, 6.07) is 1.48. The fourth-order valence-electron chi connectivity index (χ4n) is 0.759. The summed E-state index contributed by atoms with van der Waals surface area (Å²) in [7, 11) is 0. The predicted octanol–water partition coefficient (Wildman–Crippen LogP) is 0.375. The van der Waals surface area contributed by atoms with Gasteiger partial charge in [-0.15, -0.1) is 0 Å². The van der Waals surface area contributed by atoms with Crippen molar-refractivity contribution in [3.05, 3.63) is 23.9 Å². The molecule has 0 saturated carbocycles. The SMILES string of the molecule is Nc1ncc(C=CCO)cc1O. The smallest absolute Gasteiger partial charge is 0.165 e. The minimum Gasteiger partial charge on any atom is -0.504 e. The first-order valence-electron chi connectivity index (χ1n) is 3.46. The van der Waals surface area contributed by atoms with Crippen LogP contribution in [0, 0.1) is 0 Å². The second-order valence-electron chi connectivity index (χ2n) is 2.26. The number of rotatable bonds is 2. The highest BCUT2D eigenvalue weighted by Crippen LogP contribution is 2.17. The van der Waals surface area contributed by atoms with Crippen molar-refractivity contribution in [1.82, 2.24) is 4.98 Å². The molecule has 0 aromatic carbocycles. The Morgan fingerprint density at radius 2 is 2.33 bits per heavy atom. The molecule has 0 atom stereocenters. The molecule has 1 heterocycles. The van der Waals surface area contributed by atoms with E-state index in [9.17, 15) is 0 Å². The van der Waals surface area contributed by atoms with E-state index in [0.29, 0.717) is 5.56 Å². The number of aliphatic hydroxyl groups is 1. The lowest BCUT2D eigenvalue weighted by atomic mass is 10.2. The molecule has 0 amide bonds. The fourth-order valence-corrected chi connectivity index (χ4v) is 0.759. The first kappa shape index (κ1) is 8.55. The minimum atomic E-state index is -0.0462. The largest absolute Gasteiger partial charge is 0.504 e. The topological polar surface area (TPSA) is 79.4 Å². The Bertz CT molecular complexity index is 297. The van der Waals surface area contributed by atoms with Crippen LogP contribution in [0.5, 0.6) is 5.75 Å². The van der Waals surface area contributed by atoms with Gasteiger partial charge in [0.05, 0.1) is 6.61 Å². The first-order chi connectivity index (χ1) is 5.74. The van der Waals surface area contributed by atoms with Gasteiger partial charge in [0, 0.05) is 6.20 Å². The highest BCUT2D eigenvalue weighted by molar-refractivity contribution is 5.55. The maximum Gasteiger partial charge on any atom is 0.165 e. The maximum atomic E-state index is 9.12. The molecular weight excluding hydrogens is 156 g/mol. The molecule has 1 rings (SSSR count). The Kier molecular flexibility index (Phi) is 2.66. The Morgan fingerprint density at radius 1 is 1.58 bits per heavy atom. The van der Waals surface area contributed by atoms with Gasteiger partial charge in [-0.05, 0) is 11.6 Å². The molecular formula is C8H10N2O2. The Labute approximate surface area is 70.0 Å². The number of nitrogens with zero attached hydrogens (tertiary/aromatic N) is 1. The highest BCUT2D eigenvalue weighted by Gasteiger charge is 1.96. The van der Waals surface area contributed by atoms with E-state index in [1.165, 1.54) is 12.3 Å². The third-order valence-electron chi connectivity index (χ3n) is 1.33. The van der Waals surface area contributed by atoms with Crippen LogP contribution in [0.25, 0.3) is 6.08 Å². The number of aromatic nitrogens is 1. The summed E-state index contributed by atoms with van der Waals surface area (Å²) in [6.45, 7) is -0.0366. The summed E-state index contributed by atoms with van der Waals surface area (Å²) in [5.41, 5.74) is 5.99. The number of nitrogen functional groups attached to an aromatic ring is 1. The van der Waals surface area contributed by atoms with Gasteiger partial charge in [0.2, 0.25) is 0 Å². The lowest BCUT2D eigenvalue weighted by molar-refractivity contribution is 0.343. The summed E-state index contributed by atoms with van der Waals surface area (Å²) in [6.07, 6.45) is 4.71. The zero-order valence-corrected chi connectivity index (χ0v) is 6.44. The van der Waals surface area contributed by atoms with Crippen LogP contribution in [-0.4, -0.2) is 21.8 Å². The molecule has 12 heavy (non-hydrogen) atoms. The van der Waals surface area contributed by atoms with E-state index in [4.69, 9.17) is 15.9 Å². The minimum absolute atomic E-state index is 0.0366. The third-order valence-corrected chi connectivity index (χ3v) is 1.33. The molecule has 4 N–H and O–H groups in total. The summed E-state index contributed by atoms with van der Waals surface area (Å²) >= 11 is 0. The van der Waals surface area contributed by atoms with E-state index >= 15 is 0 Å². The quantitative estimate of drug-likeness (QED) is 0.593. The molecule has 0 spiro atoms. The Balaban J connectivity index is 2.89. The summed E-state index contributed by atoms with van der Waals surface area (Å²) in [5, 5.41) is 17.6. The van der Waals surface area contributed by atoms with Crippen LogP contribution in [-0.2, 0) is 0 Å². The maximum absolute atomic E-state index is 9.12. The van der Waals surface area contributed by atoms with Crippen LogP contribution in [0.2, 0.25) is 0 Å². The molecule has 1 aromatic heterocycles. The van der Waals surface area contributed by atoms with Gasteiger partial charge in [0.1, 0.15) is 0 Å². The standard InChI is InChI=1S/C8H10N2O2/c9-8-7(12)4-6(5-10-8)2-1-3-11/h1-2,4-5,11-12H,3H2,(H2,9,10). The number of pyridine rings is 1. The molecule has 0 aliphatic carbocycles. The monoisotopic (exact) mass is 166 g/mol. The third kappa shape index (κ3) is 1.96. The van der Waals surface area contributed by atoms with Gasteiger partial charge in [-0.25, -0.2) is 4.98 Å². The van der Waals surface area contributed by atoms with Crippen LogP contribution in [0.1, 0.15) is 5.56 Å². The van der Waals surface area contributed by atoms with Crippen LogP contribution in [0.4, 0.5) is 5.82 Å².